The third-order valence-electron chi connectivity index (χ3n) is 2.94. The van der Waals surface area contributed by atoms with E-state index < -0.39 is 0 Å². The molecular weight excluding hydrogens is 162 g/mol. The van der Waals surface area contributed by atoms with E-state index in [9.17, 15) is 4.79 Å². The van der Waals surface area contributed by atoms with Crippen molar-refractivity contribution >= 4 is 17.7 Å². The number of β-lactam (4-membered cyclic amide) rings is 1. The van der Waals surface area contributed by atoms with Crippen molar-refractivity contribution in [1.29, 1.82) is 0 Å². The maximum absolute atomic E-state index is 11.5. The van der Waals surface area contributed by atoms with Gasteiger partial charge in [-0.3, -0.25) is 4.79 Å². The van der Waals surface area contributed by atoms with Gasteiger partial charge < -0.3 is 9.64 Å². The first kappa shape index (κ1) is 6.31. The van der Waals surface area contributed by atoms with Gasteiger partial charge in [0.05, 0.1) is 6.61 Å². The molecule has 2 atom stereocenters. The van der Waals surface area contributed by atoms with E-state index in [2.05, 4.69) is 0 Å². The molecule has 3 saturated heterocycles. The van der Waals surface area contributed by atoms with Gasteiger partial charge >= 0.3 is 0 Å². The maximum Gasteiger partial charge on any atom is 0.238 e. The summed E-state index contributed by atoms with van der Waals surface area (Å²) in [6.07, 6.45) is 0. The van der Waals surface area contributed by atoms with Gasteiger partial charge in [-0.2, -0.15) is 0 Å². The first-order valence-corrected chi connectivity index (χ1v) is 4.79. The molecule has 4 heteroatoms. The Kier molecular flexibility index (Phi) is 0.834. The summed E-state index contributed by atoms with van der Waals surface area (Å²) in [5, 5.41) is -0.218. The average molecular weight is 171 g/mol. The van der Waals surface area contributed by atoms with E-state index in [1.165, 1.54) is 0 Å². The van der Waals surface area contributed by atoms with Crippen molar-refractivity contribution in [3.05, 3.63) is 0 Å². The third kappa shape index (κ3) is 0.394. The zero-order chi connectivity index (χ0) is 7.69. The largest absolute Gasteiger partial charge is 0.343 e. The molecule has 3 aliphatic rings. The SMILES string of the molecule is C[C@]12CS[C@]13OCCN3C2=O. The summed E-state index contributed by atoms with van der Waals surface area (Å²) in [5.74, 6) is 1.22. The molecule has 0 aliphatic carbocycles. The van der Waals surface area contributed by atoms with Crippen molar-refractivity contribution in [2.75, 3.05) is 18.9 Å². The fourth-order valence-corrected chi connectivity index (χ4v) is 3.70. The Balaban J connectivity index is 2.06. The lowest BCUT2D eigenvalue weighted by atomic mass is 9.79. The molecule has 1 spiro atoms. The van der Waals surface area contributed by atoms with E-state index in [0.717, 1.165) is 12.3 Å². The molecule has 0 unspecified atom stereocenters. The maximum atomic E-state index is 11.5. The van der Waals surface area contributed by atoms with Crippen molar-refractivity contribution < 1.29 is 9.53 Å². The number of hydrogen-bond donors (Lipinski definition) is 0. The van der Waals surface area contributed by atoms with Gasteiger partial charge in [0.2, 0.25) is 11.0 Å². The van der Waals surface area contributed by atoms with Crippen LogP contribution < -0.4 is 0 Å². The van der Waals surface area contributed by atoms with Crippen molar-refractivity contribution in [3.63, 3.8) is 0 Å². The van der Waals surface area contributed by atoms with E-state index in [-0.39, 0.29) is 16.4 Å². The monoisotopic (exact) mass is 171 g/mol. The lowest BCUT2D eigenvalue weighted by molar-refractivity contribution is -0.205. The standard InChI is InChI=1S/C7H9NO2S/c1-6-4-11-7(6)8(5(6)9)2-3-10-7/h2-4H2,1H3/t6-,7-/m1/s1. The van der Waals surface area contributed by atoms with Crippen molar-refractivity contribution in [1.82, 2.24) is 4.90 Å². The number of nitrogens with zero attached hydrogens (tertiary/aromatic N) is 1. The smallest absolute Gasteiger partial charge is 0.238 e. The van der Waals surface area contributed by atoms with Gasteiger partial charge in [0, 0.05) is 12.3 Å². The molecule has 11 heavy (non-hydrogen) atoms. The van der Waals surface area contributed by atoms with E-state index in [1.807, 2.05) is 11.8 Å². The Morgan fingerprint density at radius 3 is 3.09 bits per heavy atom. The fraction of sp³-hybridized carbons (Fsp3) is 0.857. The van der Waals surface area contributed by atoms with Crippen LogP contribution >= 0.6 is 11.8 Å². The molecule has 3 heterocycles. The molecule has 0 aromatic rings. The second kappa shape index (κ2) is 1.45. The molecule has 3 rings (SSSR count). The quantitative estimate of drug-likeness (QED) is 0.490. The minimum Gasteiger partial charge on any atom is -0.343 e. The second-order valence-corrected chi connectivity index (χ2v) is 4.64. The van der Waals surface area contributed by atoms with Crippen LogP contribution in [0, 0.1) is 5.41 Å². The summed E-state index contributed by atoms with van der Waals surface area (Å²) in [4.78, 5) is 13.3. The highest BCUT2D eigenvalue weighted by Gasteiger charge is 2.78. The molecule has 0 saturated carbocycles. The molecule has 3 aliphatic heterocycles. The van der Waals surface area contributed by atoms with Crippen molar-refractivity contribution in [3.8, 4) is 0 Å². The average Bonchev–Trinajstić information content (AvgIpc) is 2.44. The van der Waals surface area contributed by atoms with Crippen LogP contribution in [0.1, 0.15) is 6.92 Å². The van der Waals surface area contributed by atoms with Crippen LogP contribution in [0.15, 0.2) is 0 Å². The first-order valence-electron chi connectivity index (χ1n) is 3.81. The Labute approximate surface area is 69.1 Å². The molecule has 0 aromatic heterocycles. The van der Waals surface area contributed by atoms with Crippen LogP contribution in [-0.4, -0.2) is 34.8 Å². The first-order chi connectivity index (χ1) is 5.21. The normalized spacial score (nSPS) is 52.8. The third-order valence-corrected chi connectivity index (χ3v) is 4.84. The van der Waals surface area contributed by atoms with E-state index in [1.54, 1.807) is 11.8 Å². The zero-order valence-corrected chi connectivity index (χ0v) is 7.11. The predicted octanol–water partition coefficient (Wildman–Crippen LogP) is 0.266. The van der Waals surface area contributed by atoms with Crippen molar-refractivity contribution in [2.45, 2.75) is 12.0 Å². The number of carbonyl (C=O) groups is 1. The molecule has 0 N–H and O–H groups in total. The molecule has 0 bridgehead atoms. The summed E-state index contributed by atoms with van der Waals surface area (Å²) < 4.78 is 5.58. The minimum absolute atomic E-state index is 0.172. The Morgan fingerprint density at radius 2 is 2.55 bits per heavy atom. The van der Waals surface area contributed by atoms with Crippen LogP contribution in [0.4, 0.5) is 0 Å². The Hall–Kier alpha value is -0.220. The molecule has 1 amide bonds. The van der Waals surface area contributed by atoms with Gasteiger partial charge in [-0.1, -0.05) is 0 Å². The number of rotatable bonds is 0. The highest BCUT2D eigenvalue weighted by Crippen LogP contribution is 2.67. The summed E-state index contributed by atoms with van der Waals surface area (Å²) in [5.41, 5.74) is -0.172. The highest BCUT2D eigenvalue weighted by atomic mass is 32.2. The van der Waals surface area contributed by atoms with Gasteiger partial charge in [-0.15, -0.1) is 11.8 Å². The lowest BCUT2D eigenvalue weighted by Gasteiger charge is -2.65. The number of thioether (sulfide) groups is 1. The fourth-order valence-electron chi connectivity index (χ4n) is 2.17. The van der Waals surface area contributed by atoms with Crippen LogP contribution in [0.25, 0.3) is 0 Å². The van der Waals surface area contributed by atoms with Gasteiger partial charge in [0.15, 0.2) is 0 Å². The van der Waals surface area contributed by atoms with Crippen LogP contribution in [-0.2, 0) is 9.53 Å². The van der Waals surface area contributed by atoms with Crippen LogP contribution in [0.5, 0.6) is 0 Å². The van der Waals surface area contributed by atoms with E-state index in [4.69, 9.17) is 4.74 Å². The summed E-state index contributed by atoms with van der Waals surface area (Å²) in [6.45, 7) is 3.52. The minimum atomic E-state index is -0.218. The van der Waals surface area contributed by atoms with Gasteiger partial charge in [-0.05, 0) is 6.92 Å². The van der Waals surface area contributed by atoms with Gasteiger partial charge in [0.1, 0.15) is 5.41 Å². The molecule has 3 nitrogen and oxygen atoms in total. The Bertz CT molecular complexity index is 257. The highest BCUT2D eigenvalue weighted by molar-refractivity contribution is 8.02. The van der Waals surface area contributed by atoms with Gasteiger partial charge in [-0.25, -0.2) is 0 Å². The molecule has 0 radical (unpaired) electrons. The molecule has 0 aromatic carbocycles. The van der Waals surface area contributed by atoms with Gasteiger partial charge in [0.25, 0.3) is 0 Å². The number of carbonyl (C=O) groups excluding carboxylic acids is 1. The van der Waals surface area contributed by atoms with Crippen LogP contribution in [0.2, 0.25) is 0 Å². The second-order valence-electron chi connectivity index (χ2n) is 3.51. The van der Waals surface area contributed by atoms with E-state index >= 15 is 0 Å². The van der Waals surface area contributed by atoms with Crippen molar-refractivity contribution in [2.24, 2.45) is 5.41 Å². The van der Waals surface area contributed by atoms with E-state index in [0.29, 0.717) is 6.61 Å². The molecule has 60 valence electrons. The lowest BCUT2D eigenvalue weighted by Crippen LogP contribution is -2.79. The topological polar surface area (TPSA) is 29.5 Å². The number of hydrogen-bond acceptors (Lipinski definition) is 3. The summed E-state index contributed by atoms with van der Waals surface area (Å²) >= 11 is 1.76. The predicted molar refractivity (Wildman–Crippen MR) is 41.0 cm³/mol. The summed E-state index contributed by atoms with van der Waals surface area (Å²) in [6, 6.07) is 0. The Morgan fingerprint density at radius 1 is 1.73 bits per heavy atom. The zero-order valence-electron chi connectivity index (χ0n) is 6.29. The van der Waals surface area contributed by atoms with Crippen LogP contribution in [0.3, 0.4) is 0 Å². The number of ether oxygens (including phenoxy) is 1. The molecule has 3 fully saturated rings. The molecular formula is C7H9NO2S. The number of amides is 1. The summed E-state index contributed by atoms with van der Waals surface area (Å²) in [7, 11) is 0.